The lowest BCUT2D eigenvalue weighted by Crippen LogP contribution is -2.43. The van der Waals surface area contributed by atoms with Crippen LogP contribution >= 0.6 is 0 Å². The van der Waals surface area contributed by atoms with E-state index < -0.39 is 10.0 Å². The number of ether oxygens (including phenoxy) is 1. The van der Waals surface area contributed by atoms with Crippen molar-refractivity contribution < 1.29 is 22.7 Å². The number of hydrogen-bond donors (Lipinski definition) is 2. The molecule has 10 heteroatoms. The molecule has 31 heavy (non-hydrogen) atoms. The molecule has 1 aromatic heterocycles. The Morgan fingerprint density at radius 2 is 2.00 bits per heavy atom. The fraction of sp³-hybridized carbons (Fsp3) is 0.381. The van der Waals surface area contributed by atoms with E-state index in [0.717, 1.165) is 5.69 Å². The second-order valence-electron chi connectivity index (χ2n) is 7.32. The third-order valence-electron chi connectivity index (χ3n) is 5.19. The molecule has 1 aliphatic heterocycles. The smallest absolute Gasteiger partial charge is 0.253 e. The number of methoxy groups -OCH3 is 1. The first-order chi connectivity index (χ1) is 14.7. The van der Waals surface area contributed by atoms with Crippen molar-refractivity contribution in [2.45, 2.75) is 24.7 Å². The summed E-state index contributed by atoms with van der Waals surface area (Å²) >= 11 is 0. The number of carbonyl (C=O) groups is 2. The number of piperidine rings is 1. The Bertz CT molecular complexity index is 1090. The Balaban J connectivity index is 1.76. The van der Waals surface area contributed by atoms with Crippen molar-refractivity contribution in [3.63, 3.8) is 0 Å². The maximum absolute atomic E-state index is 13.1. The first-order valence-electron chi connectivity index (χ1n) is 9.90. The molecule has 3 rings (SSSR count). The van der Waals surface area contributed by atoms with Gasteiger partial charge in [0.05, 0.1) is 13.0 Å². The van der Waals surface area contributed by atoms with Crippen molar-refractivity contribution in [3.8, 4) is 5.75 Å². The van der Waals surface area contributed by atoms with Crippen LogP contribution in [0.5, 0.6) is 5.75 Å². The van der Waals surface area contributed by atoms with Crippen molar-refractivity contribution in [2.75, 3.05) is 32.6 Å². The van der Waals surface area contributed by atoms with Gasteiger partial charge in [0.15, 0.2) is 0 Å². The second kappa shape index (κ2) is 9.44. The molecule has 1 atom stereocenters. The summed E-state index contributed by atoms with van der Waals surface area (Å²) in [5.41, 5.74) is 1.01. The number of likely N-dealkylation sites (tertiary alicyclic amines) is 1. The minimum atomic E-state index is -3.81. The lowest BCUT2D eigenvalue weighted by atomic mass is 9.96. The number of aromatic nitrogens is 1. The summed E-state index contributed by atoms with van der Waals surface area (Å²) in [6.45, 7) is 2.58. The Morgan fingerprint density at radius 3 is 2.68 bits per heavy atom. The predicted molar refractivity (Wildman–Crippen MR) is 115 cm³/mol. The van der Waals surface area contributed by atoms with Crippen LogP contribution < -0.4 is 14.8 Å². The van der Waals surface area contributed by atoms with Crippen LogP contribution in [0.25, 0.3) is 0 Å². The molecule has 0 aliphatic carbocycles. The average molecular weight is 447 g/mol. The molecular weight excluding hydrogens is 420 g/mol. The van der Waals surface area contributed by atoms with E-state index in [1.54, 1.807) is 11.0 Å². The topological polar surface area (TPSA) is 118 Å². The van der Waals surface area contributed by atoms with E-state index in [0.29, 0.717) is 25.2 Å². The van der Waals surface area contributed by atoms with E-state index in [1.165, 1.54) is 32.4 Å². The summed E-state index contributed by atoms with van der Waals surface area (Å²) < 4.78 is 32.0. The third-order valence-corrected chi connectivity index (χ3v) is 6.62. The van der Waals surface area contributed by atoms with Gasteiger partial charge < -0.3 is 15.0 Å². The number of benzene rings is 1. The molecule has 0 bridgehead atoms. The van der Waals surface area contributed by atoms with Crippen molar-refractivity contribution in [1.82, 2.24) is 14.6 Å². The summed E-state index contributed by atoms with van der Waals surface area (Å²) in [5.74, 6) is -0.276. The van der Waals surface area contributed by atoms with Crippen molar-refractivity contribution >= 4 is 27.7 Å². The van der Waals surface area contributed by atoms with Gasteiger partial charge in [0.2, 0.25) is 15.9 Å². The Hall–Kier alpha value is -2.98. The highest BCUT2D eigenvalue weighted by atomic mass is 32.2. The monoisotopic (exact) mass is 446 g/mol. The number of sulfonamides is 1. The van der Waals surface area contributed by atoms with Crippen LogP contribution in [-0.4, -0.2) is 57.4 Å². The molecule has 2 N–H and O–H groups in total. The number of nitrogens with one attached hydrogen (secondary N) is 2. The van der Waals surface area contributed by atoms with Crippen LogP contribution in [0.4, 0.5) is 5.82 Å². The van der Waals surface area contributed by atoms with Gasteiger partial charge >= 0.3 is 0 Å². The Kier molecular flexibility index (Phi) is 6.91. The molecule has 0 spiro atoms. The number of hydrogen-bond acceptors (Lipinski definition) is 6. The summed E-state index contributed by atoms with van der Waals surface area (Å²) in [4.78, 5) is 31.5. The van der Waals surface area contributed by atoms with Gasteiger partial charge in [0.25, 0.3) is 5.91 Å². The van der Waals surface area contributed by atoms with E-state index >= 15 is 0 Å². The molecule has 2 heterocycles. The predicted octanol–water partition coefficient (Wildman–Crippen LogP) is 1.80. The van der Waals surface area contributed by atoms with Gasteiger partial charge in [-0.3, -0.25) is 9.59 Å². The number of anilines is 1. The number of carbonyl (C=O) groups excluding carboxylic acids is 2. The zero-order chi connectivity index (χ0) is 22.6. The molecular formula is C21H26N4O5S. The largest absolute Gasteiger partial charge is 0.495 e. The van der Waals surface area contributed by atoms with Crippen molar-refractivity contribution in [2.24, 2.45) is 5.92 Å². The number of rotatable bonds is 6. The van der Waals surface area contributed by atoms with Crippen LogP contribution in [0.1, 0.15) is 28.9 Å². The van der Waals surface area contributed by atoms with E-state index in [1.807, 2.05) is 19.1 Å². The van der Waals surface area contributed by atoms with E-state index in [4.69, 9.17) is 4.74 Å². The molecule has 2 aromatic rings. The lowest BCUT2D eigenvalue weighted by molar-refractivity contribution is -0.121. The maximum Gasteiger partial charge on any atom is 0.253 e. The molecule has 1 fully saturated rings. The summed E-state index contributed by atoms with van der Waals surface area (Å²) in [5, 5.41) is 2.81. The van der Waals surface area contributed by atoms with Gasteiger partial charge in [-0.05, 0) is 57.1 Å². The van der Waals surface area contributed by atoms with Gasteiger partial charge in [-0.25, -0.2) is 18.1 Å². The first kappa shape index (κ1) is 22.7. The molecule has 9 nitrogen and oxygen atoms in total. The summed E-state index contributed by atoms with van der Waals surface area (Å²) in [6, 6.07) is 9.65. The van der Waals surface area contributed by atoms with E-state index in [9.17, 15) is 18.0 Å². The SMILES string of the molecule is CNS(=O)(=O)c1cc(C(=O)N2CCCC(C(=O)Nc3cccc(C)n3)C2)ccc1OC. The zero-order valence-electron chi connectivity index (χ0n) is 17.7. The average Bonchev–Trinajstić information content (AvgIpc) is 2.78. The summed E-state index contributed by atoms with van der Waals surface area (Å²) in [6.07, 6.45) is 1.33. The van der Waals surface area contributed by atoms with Gasteiger partial charge in [-0.15, -0.1) is 0 Å². The Morgan fingerprint density at radius 1 is 1.23 bits per heavy atom. The standard InChI is InChI=1S/C21H26N4O5S/c1-14-6-4-8-19(23-14)24-20(26)16-7-5-11-25(13-16)21(27)15-9-10-17(30-3)18(12-15)31(28,29)22-2/h4,6,8-10,12,16,22H,5,7,11,13H2,1-3H3,(H,23,24,26). The highest BCUT2D eigenvalue weighted by Gasteiger charge is 2.30. The first-order valence-corrected chi connectivity index (χ1v) is 11.4. The number of amides is 2. The number of aryl methyl sites for hydroxylation is 1. The highest BCUT2D eigenvalue weighted by Crippen LogP contribution is 2.26. The Labute approximate surface area is 181 Å². The number of nitrogens with zero attached hydrogens (tertiary/aromatic N) is 2. The number of pyridine rings is 1. The molecule has 1 aliphatic rings. The maximum atomic E-state index is 13.1. The minimum absolute atomic E-state index is 0.111. The summed E-state index contributed by atoms with van der Waals surface area (Å²) in [7, 11) is -1.15. The van der Waals surface area contributed by atoms with Crippen LogP contribution in [0, 0.1) is 12.8 Å². The molecule has 2 amide bonds. The molecule has 0 saturated carbocycles. The molecule has 1 saturated heterocycles. The quantitative estimate of drug-likeness (QED) is 0.699. The van der Waals surface area contributed by atoms with Crippen LogP contribution in [0.3, 0.4) is 0 Å². The third kappa shape index (κ3) is 5.20. The zero-order valence-corrected chi connectivity index (χ0v) is 18.5. The highest BCUT2D eigenvalue weighted by molar-refractivity contribution is 7.89. The molecule has 166 valence electrons. The minimum Gasteiger partial charge on any atom is -0.495 e. The van der Waals surface area contributed by atoms with Gasteiger partial charge in [-0.2, -0.15) is 0 Å². The van der Waals surface area contributed by atoms with Crippen LogP contribution in [0.2, 0.25) is 0 Å². The fourth-order valence-corrected chi connectivity index (χ4v) is 4.45. The normalized spacial score (nSPS) is 16.6. The van der Waals surface area contributed by atoms with Crippen molar-refractivity contribution in [3.05, 3.63) is 47.7 Å². The van der Waals surface area contributed by atoms with E-state index in [2.05, 4.69) is 15.0 Å². The van der Waals surface area contributed by atoms with Gasteiger partial charge in [-0.1, -0.05) is 6.07 Å². The molecule has 0 radical (unpaired) electrons. The van der Waals surface area contributed by atoms with Gasteiger partial charge in [0, 0.05) is 24.3 Å². The van der Waals surface area contributed by atoms with Crippen LogP contribution in [-0.2, 0) is 14.8 Å². The van der Waals surface area contributed by atoms with Crippen molar-refractivity contribution in [1.29, 1.82) is 0 Å². The molecule has 1 aromatic carbocycles. The molecule has 1 unspecified atom stereocenters. The lowest BCUT2D eigenvalue weighted by Gasteiger charge is -2.32. The second-order valence-corrected chi connectivity index (χ2v) is 9.17. The van der Waals surface area contributed by atoms with Gasteiger partial charge in [0.1, 0.15) is 16.5 Å². The van der Waals surface area contributed by atoms with Crippen LogP contribution in [0.15, 0.2) is 41.3 Å². The van der Waals surface area contributed by atoms with E-state index in [-0.39, 0.29) is 40.5 Å². The fourth-order valence-electron chi connectivity index (χ4n) is 3.53.